The zero-order valence-electron chi connectivity index (χ0n) is 15.0. The van der Waals surface area contributed by atoms with Crippen LogP contribution in [0.25, 0.3) is 0 Å². The van der Waals surface area contributed by atoms with Gasteiger partial charge in [0.15, 0.2) is 0 Å². The lowest BCUT2D eigenvalue weighted by Gasteiger charge is -2.28. The first-order valence-electron chi connectivity index (χ1n) is 9.47. The number of carbonyl (C=O) groups excluding carboxylic acids is 2. The van der Waals surface area contributed by atoms with Crippen molar-refractivity contribution in [1.82, 2.24) is 16.0 Å². The van der Waals surface area contributed by atoms with Gasteiger partial charge in [-0.25, -0.2) is 4.79 Å². The van der Waals surface area contributed by atoms with E-state index in [1.54, 1.807) is 0 Å². The fourth-order valence-electron chi connectivity index (χ4n) is 4.47. The summed E-state index contributed by atoms with van der Waals surface area (Å²) in [6, 6.07) is 9.76. The normalized spacial score (nSPS) is 25.4. The van der Waals surface area contributed by atoms with Gasteiger partial charge in [-0.3, -0.25) is 4.79 Å². The van der Waals surface area contributed by atoms with Crippen LogP contribution in [0.4, 0.5) is 4.79 Å². The van der Waals surface area contributed by atoms with Crippen LogP contribution in [0.15, 0.2) is 30.3 Å². The van der Waals surface area contributed by atoms with Crippen LogP contribution in [0, 0.1) is 17.8 Å². The number of amides is 3. The minimum atomic E-state index is -0.238. The monoisotopic (exact) mass is 343 g/mol. The summed E-state index contributed by atoms with van der Waals surface area (Å²) in [5.41, 5.74) is 1.05. The lowest BCUT2D eigenvalue weighted by atomic mass is 9.84. The molecular weight excluding hydrogens is 314 g/mol. The van der Waals surface area contributed by atoms with Gasteiger partial charge in [0.1, 0.15) is 0 Å². The summed E-state index contributed by atoms with van der Waals surface area (Å²) in [7, 11) is 0. The Morgan fingerprint density at radius 3 is 2.60 bits per heavy atom. The SMILES string of the molecule is CC(NC(=O)CCNC(=O)NCc1ccccc1)C1CC2CCC1C2. The van der Waals surface area contributed by atoms with Crippen molar-refractivity contribution in [2.24, 2.45) is 17.8 Å². The maximum atomic E-state index is 12.1. The lowest BCUT2D eigenvalue weighted by Crippen LogP contribution is -2.42. The van der Waals surface area contributed by atoms with E-state index in [4.69, 9.17) is 0 Å². The van der Waals surface area contributed by atoms with Crippen molar-refractivity contribution in [3.8, 4) is 0 Å². The number of benzene rings is 1. The lowest BCUT2D eigenvalue weighted by molar-refractivity contribution is -0.122. The van der Waals surface area contributed by atoms with Crippen LogP contribution in [-0.4, -0.2) is 24.5 Å². The molecule has 0 aromatic heterocycles. The van der Waals surface area contributed by atoms with Crippen molar-refractivity contribution < 1.29 is 9.59 Å². The average molecular weight is 343 g/mol. The van der Waals surface area contributed by atoms with Crippen LogP contribution < -0.4 is 16.0 Å². The van der Waals surface area contributed by atoms with E-state index in [9.17, 15) is 9.59 Å². The molecule has 1 aromatic rings. The molecule has 3 N–H and O–H groups in total. The number of carbonyl (C=O) groups is 2. The topological polar surface area (TPSA) is 70.2 Å². The van der Waals surface area contributed by atoms with Gasteiger partial charge in [0, 0.05) is 25.6 Å². The molecule has 2 aliphatic carbocycles. The van der Waals surface area contributed by atoms with Crippen molar-refractivity contribution >= 4 is 11.9 Å². The molecule has 3 amide bonds. The van der Waals surface area contributed by atoms with E-state index >= 15 is 0 Å². The molecule has 0 aliphatic heterocycles. The van der Waals surface area contributed by atoms with Crippen molar-refractivity contribution in [1.29, 1.82) is 0 Å². The van der Waals surface area contributed by atoms with Crippen LogP contribution in [0.1, 0.15) is 44.6 Å². The second-order valence-electron chi connectivity index (χ2n) is 7.54. The Morgan fingerprint density at radius 2 is 1.92 bits per heavy atom. The van der Waals surface area contributed by atoms with Crippen molar-refractivity contribution in [2.45, 2.75) is 51.6 Å². The highest BCUT2D eigenvalue weighted by Crippen LogP contribution is 2.49. The molecule has 2 aliphatic rings. The maximum Gasteiger partial charge on any atom is 0.315 e. The Labute approximate surface area is 150 Å². The molecule has 0 radical (unpaired) electrons. The zero-order chi connectivity index (χ0) is 17.6. The Hall–Kier alpha value is -2.04. The highest BCUT2D eigenvalue weighted by atomic mass is 16.2. The molecule has 2 bridgehead atoms. The van der Waals surface area contributed by atoms with E-state index in [1.165, 1.54) is 25.7 Å². The van der Waals surface area contributed by atoms with Gasteiger partial charge in [-0.1, -0.05) is 36.8 Å². The predicted octanol–water partition coefficient (Wildman–Crippen LogP) is 2.82. The molecule has 2 fully saturated rings. The maximum absolute atomic E-state index is 12.1. The first kappa shape index (κ1) is 17.8. The molecule has 0 heterocycles. The minimum Gasteiger partial charge on any atom is -0.353 e. The average Bonchev–Trinajstić information content (AvgIpc) is 3.24. The summed E-state index contributed by atoms with van der Waals surface area (Å²) in [6.07, 6.45) is 5.66. The predicted molar refractivity (Wildman–Crippen MR) is 97.8 cm³/mol. The molecular formula is C20H29N3O2. The number of hydrogen-bond donors (Lipinski definition) is 3. The van der Waals surface area contributed by atoms with Crippen LogP contribution in [-0.2, 0) is 11.3 Å². The summed E-state index contributed by atoms with van der Waals surface area (Å²) < 4.78 is 0. The molecule has 0 saturated heterocycles. The van der Waals surface area contributed by atoms with E-state index in [-0.39, 0.29) is 18.0 Å². The highest BCUT2D eigenvalue weighted by molar-refractivity contribution is 5.78. The summed E-state index contributed by atoms with van der Waals surface area (Å²) in [5.74, 6) is 2.37. The van der Waals surface area contributed by atoms with Gasteiger partial charge in [-0.15, -0.1) is 0 Å². The number of fused-ring (bicyclic) bond motifs is 2. The van der Waals surface area contributed by atoms with Crippen LogP contribution in [0.3, 0.4) is 0 Å². The van der Waals surface area contributed by atoms with Crippen LogP contribution in [0.2, 0.25) is 0 Å². The molecule has 0 spiro atoms. The first-order valence-corrected chi connectivity index (χ1v) is 9.47. The quantitative estimate of drug-likeness (QED) is 0.712. The second kappa shape index (κ2) is 8.37. The Balaban J connectivity index is 1.29. The van der Waals surface area contributed by atoms with Crippen molar-refractivity contribution in [2.75, 3.05) is 6.54 Å². The number of hydrogen-bond acceptors (Lipinski definition) is 2. The fourth-order valence-corrected chi connectivity index (χ4v) is 4.47. The zero-order valence-corrected chi connectivity index (χ0v) is 15.0. The molecule has 4 unspecified atom stereocenters. The Bertz CT molecular complexity index is 590. The van der Waals surface area contributed by atoms with E-state index in [2.05, 4.69) is 22.9 Å². The van der Waals surface area contributed by atoms with E-state index in [0.29, 0.717) is 25.4 Å². The van der Waals surface area contributed by atoms with E-state index in [1.807, 2.05) is 30.3 Å². The van der Waals surface area contributed by atoms with Crippen molar-refractivity contribution in [3.05, 3.63) is 35.9 Å². The van der Waals surface area contributed by atoms with Gasteiger partial charge in [0.2, 0.25) is 5.91 Å². The molecule has 136 valence electrons. The molecule has 2 saturated carbocycles. The smallest absolute Gasteiger partial charge is 0.315 e. The fraction of sp³-hybridized carbons (Fsp3) is 0.600. The summed E-state index contributed by atoms with van der Waals surface area (Å²) in [5, 5.41) is 8.67. The minimum absolute atomic E-state index is 0.0265. The van der Waals surface area contributed by atoms with E-state index < -0.39 is 0 Å². The molecule has 1 aromatic carbocycles. The molecule has 5 nitrogen and oxygen atoms in total. The standard InChI is InChI=1S/C20H29N3O2/c1-14(18-12-16-7-8-17(18)11-16)23-19(24)9-10-21-20(25)22-13-15-5-3-2-4-6-15/h2-6,14,16-18H,7-13H2,1H3,(H,23,24)(H2,21,22,25). The van der Waals surface area contributed by atoms with Gasteiger partial charge in [-0.2, -0.15) is 0 Å². The van der Waals surface area contributed by atoms with Crippen LogP contribution in [0.5, 0.6) is 0 Å². The third-order valence-electron chi connectivity index (χ3n) is 5.76. The van der Waals surface area contributed by atoms with Gasteiger partial charge >= 0.3 is 6.03 Å². The second-order valence-corrected chi connectivity index (χ2v) is 7.54. The third-order valence-corrected chi connectivity index (χ3v) is 5.76. The van der Waals surface area contributed by atoms with Gasteiger partial charge in [-0.05, 0) is 49.5 Å². The summed E-state index contributed by atoms with van der Waals surface area (Å²) in [4.78, 5) is 23.9. The summed E-state index contributed by atoms with van der Waals surface area (Å²) in [6.45, 7) is 2.97. The molecule has 4 atom stereocenters. The molecule has 5 heteroatoms. The highest BCUT2D eigenvalue weighted by Gasteiger charge is 2.42. The third kappa shape index (κ3) is 4.97. The van der Waals surface area contributed by atoms with Crippen molar-refractivity contribution in [3.63, 3.8) is 0 Å². The van der Waals surface area contributed by atoms with Gasteiger partial charge in [0.05, 0.1) is 0 Å². The van der Waals surface area contributed by atoms with E-state index in [0.717, 1.165) is 17.4 Å². The largest absolute Gasteiger partial charge is 0.353 e. The number of urea groups is 1. The molecule has 3 rings (SSSR count). The Morgan fingerprint density at radius 1 is 1.12 bits per heavy atom. The van der Waals surface area contributed by atoms with Gasteiger partial charge in [0.25, 0.3) is 0 Å². The number of rotatable bonds is 7. The van der Waals surface area contributed by atoms with Gasteiger partial charge < -0.3 is 16.0 Å². The Kier molecular flexibility index (Phi) is 5.95. The first-order chi connectivity index (χ1) is 12.1. The number of nitrogens with one attached hydrogen (secondary N) is 3. The summed E-state index contributed by atoms with van der Waals surface area (Å²) >= 11 is 0. The van der Waals surface area contributed by atoms with Crippen LogP contribution >= 0.6 is 0 Å². The molecule has 25 heavy (non-hydrogen) atoms.